The Kier molecular flexibility index (Phi) is 6.86. The van der Waals surface area contributed by atoms with Crippen LogP contribution in [0.25, 0.3) is 83.4 Å². The summed E-state index contributed by atoms with van der Waals surface area (Å²) in [6, 6.07) is 60.7. The first-order valence-electron chi connectivity index (χ1n) is 23.4. The summed E-state index contributed by atoms with van der Waals surface area (Å²) in [5.41, 5.74) is 10.7. The van der Waals surface area contributed by atoms with E-state index >= 15 is 0 Å². The highest BCUT2D eigenvalue weighted by molar-refractivity contribution is 6.09. The van der Waals surface area contributed by atoms with Crippen LogP contribution in [-0.2, 0) is 0 Å². The number of hydrogen-bond donors (Lipinski definition) is 0. The molecule has 0 saturated carbocycles. The van der Waals surface area contributed by atoms with E-state index in [1.54, 1.807) is 30.5 Å². The van der Waals surface area contributed by atoms with Crippen molar-refractivity contribution in [3.05, 3.63) is 212 Å². The zero-order valence-electron chi connectivity index (χ0n) is 39.2. The molecule has 62 heavy (non-hydrogen) atoms. The molecule has 0 N–H and O–H groups in total. The minimum Gasteiger partial charge on any atom is -0.457 e. The second-order valence-corrected chi connectivity index (χ2v) is 15.5. The van der Waals surface area contributed by atoms with E-state index in [-0.39, 0.29) is 11.1 Å². The molecule has 0 radical (unpaired) electrons. The van der Waals surface area contributed by atoms with Gasteiger partial charge in [0.15, 0.2) is 11.0 Å². The third-order valence-electron chi connectivity index (χ3n) is 11.7. The Morgan fingerprint density at radius 3 is 2.08 bits per heavy atom. The minimum absolute atomic E-state index is 0.0970. The number of hydrogen-bond acceptors (Lipinski definition) is 3. The number of para-hydroxylation sites is 3. The molecule has 0 saturated heterocycles. The van der Waals surface area contributed by atoms with Crippen LogP contribution in [0.4, 0.5) is 0 Å². The average molecular weight is 806 g/mol. The maximum Gasteiger partial charge on any atom is 0.255 e. The molecule has 0 amide bonds. The molecule has 3 aliphatic rings. The first-order chi connectivity index (χ1) is 32.9. The standard InChI is InChI=1S/C56H39N4O2/c1-36-21-28-51-49(29-36)48-27-26-45-33-54(48)60(51)55-30-37(2)50(34-57-55)40-13-8-15-43(31-40)61-42-24-22-39(23-25-42)47-18-10-17-46(38-11-4-3-5-12-38)56(47)59-35-58(52-19-6-7-20-53(52)59)41-14-9-16-44(32-41)62-45/h3-35H,1-2H3/q+1/i1D3,2D3. The number of benzene rings is 8. The monoisotopic (exact) mass is 805 g/mol. The molecule has 0 fully saturated rings. The number of aryl methyl sites for hydroxylation is 2. The molecular formula is C56H39N4O2+. The normalized spacial score (nSPS) is 13.8. The summed E-state index contributed by atoms with van der Waals surface area (Å²) in [7, 11) is 0. The largest absolute Gasteiger partial charge is 0.457 e. The van der Waals surface area contributed by atoms with Crippen molar-refractivity contribution in [3.63, 3.8) is 0 Å². The zero-order valence-corrected chi connectivity index (χ0v) is 33.2. The Bertz CT molecular complexity index is 3780. The highest BCUT2D eigenvalue weighted by atomic mass is 16.5. The van der Waals surface area contributed by atoms with Crippen molar-refractivity contribution in [2.45, 2.75) is 13.7 Å². The quantitative estimate of drug-likeness (QED) is 0.155. The fraction of sp³-hybridized carbons (Fsp3) is 0.0357. The summed E-state index contributed by atoms with van der Waals surface area (Å²) in [6.45, 7) is -4.88. The van der Waals surface area contributed by atoms with Gasteiger partial charge in [0.2, 0.25) is 0 Å². The van der Waals surface area contributed by atoms with Gasteiger partial charge in [0, 0.05) is 54.0 Å². The fourth-order valence-corrected chi connectivity index (χ4v) is 8.89. The second-order valence-electron chi connectivity index (χ2n) is 15.5. The lowest BCUT2D eigenvalue weighted by Gasteiger charge is -2.14. The van der Waals surface area contributed by atoms with Crippen LogP contribution in [0.15, 0.2) is 201 Å². The molecule has 294 valence electrons. The molecule has 0 aliphatic carbocycles. The molecule has 14 rings (SSSR count). The number of ether oxygens (including phenoxy) is 2. The number of aromatic nitrogens is 4. The van der Waals surface area contributed by atoms with E-state index in [4.69, 9.17) is 22.7 Å². The number of imidazole rings is 1. The molecule has 0 unspecified atom stereocenters. The van der Waals surface area contributed by atoms with Gasteiger partial charge in [-0.2, -0.15) is 9.13 Å². The van der Waals surface area contributed by atoms with Crippen molar-refractivity contribution in [3.8, 4) is 73.6 Å². The molecule has 3 aromatic heterocycles. The summed E-state index contributed by atoms with van der Waals surface area (Å²) < 4.78 is 70.3. The summed E-state index contributed by atoms with van der Waals surface area (Å²) >= 11 is 0. The lowest BCUT2D eigenvalue weighted by atomic mass is 9.95. The van der Waals surface area contributed by atoms with Crippen LogP contribution in [0.3, 0.4) is 0 Å². The highest BCUT2D eigenvalue weighted by Gasteiger charge is 2.25. The Hall–Kier alpha value is -8.22. The molecule has 3 aliphatic heterocycles. The molecule has 6 heteroatoms. The smallest absolute Gasteiger partial charge is 0.255 e. The van der Waals surface area contributed by atoms with Gasteiger partial charge >= 0.3 is 0 Å². The van der Waals surface area contributed by atoms with Crippen molar-refractivity contribution in [1.82, 2.24) is 14.1 Å². The summed E-state index contributed by atoms with van der Waals surface area (Å²) in [5.74, 6) is 2.60. The van der Waals surface area contributed by atoms with Crippen LogP contribution >= 0.6 is 0 Å². The molecular weight excluding hydrogens is 761 g/mol. The van der Waals surface area contributed by atoms with Gasteiger partial charge in [-0.15, -0.1) is 0 Å². The van der Waals surface area contributed by atoms with Gasteiger partial charge in [-0.1, -0.05) is 103 Å². The van der Waals surface area contributed by atoms with Crippen LogP contribution in [0.1, 0.15) is 19.4 Å². The van der Waals surface area contributed by atoms with Gasteiger partial charge in [-0.25, -0.2) is 4.98 Å². The number of rotatable bonds is 1. The SMILES string of the molecule is [2H]C([2H])([2H])c1ccc2c(c1)c1ccc3cc1n2-c1cc(C([2H])([2H])[2H])c(cn1)-c1cccc(c1)Oc1ccc(cc1)-c1cccc(-c2ccccc2)c1-[n+]1cn(c2ccccc21)-c1cccc(c1)O3. The van der Waals surface area contributed by atoms with Gasteiger partial charge < -0.3 is 9.47 Å². The van der Waals surface area contributed by atoms with E-state index in [9.17, 15) is 0 Å². The van der Waals surface area contributed by atoms with Crippen LogP contribution < -0.4 is 14.0 Å². The predicted octanol–water partition coefficient (Wildman–Crippen LogP) is 13.9. The highest BCUT2D eigenvalue weighted by Crippen LogP contribution is 2.39. The van der Waals surface area contributed by atoms with Gasteiger partial charge in [-0.05, 0) is 115 Å². The molecule has 8 aromatic carbocycles. The van der Waals surface area contributed by atoms with Crippen molar-refractivity contribution in [2.75, 3.05) is 0 Å². The van der Waals surface area contributed by atoms with Crippen LogP contribution in [-0.4, -0.2) is 14.1 Å². The maximum absolute atomic E-state index is 8.75. The first kappa shape index (κ1) is 29.9. The maximum atomic E-state index is 8.75. The van der Waals surface area contributed by atoms with Gasteiger partial charge in [0.25, 0.3) is 6.33 Å². The first-order valence-corrected chi connectivity index (χ1v) is 20.4. The van der Waals surface area contributed by atoms with Crippen molar-refractivity contribution < 1.29 is 22.3 Å². The van der Waals surface area contributed by atoms with Gasteiger partial charge in [0.1, 0.15) is 40.2 Å². The Labute approximate surface area is 367 Å². The summed E-state index contributed by atoms with van der Waals surface area (Å²) in [4.78, 5) is 4.92. The molecule has 12 bridgehead atoms. The van der Waals surface area contributed by atoms with Crippen LogP contribution in [0.2, 0.25) is 0 Å². The minimum atomic E-state index is -2.53. The van der Waals surface area contributed by atoms with Gasteiger partial charge in [-0.3, -0.25) is 4.57 Å². The second kappa shape index (κ2) is 14.2. The molecule has 6 heterocycles. The Balaban J connectivity index is 1.11. The molecule has 11 aromatic rings. The summed E-state index contributed by atoms with van der Waals surface area (Å²) in [5, 5.41) is 1.43. The lowest BCUT2D eigenvalue weighted by Crippen LogP contribution is -2.30. The van der Waals surface area contributed by atoms with Crippen LogP contribution in [0.5, 0.6) is 23.0 Å². The Morgan fingerprint density at radius 2 is 1.23 bits per heavy atom. The molecule has 0 atom stereocenters. The number of pyridine rings is 1. The molecule has 0 spiro atoms. The third kappa shape index (κ3) is 5.95. The topological polar surface area (TPSA) is 45.1 Å². The lowest BCUT2D eigenvalue weighted by molar-refractivity contribution is -0.566. The average Bonchev–Trinajstić information content (AvgIpc) is 3.89. The van der Waals surface area contributed by atoms with E-state index in [1.165, 1.54) is 0 Å². The number of fused-ring (bicyclic) bond motifs is 5. The van der Waals surface area contributed by atoms with E-state index in [0.29, 0.717) is 56.4 Å². The van der Waals surface area contributed by atoms with Crippen molar-refractivity contribution in [1.29, 1.82) is 0 Å². The van der Waals surface area contributed by atoms with E-state index in [0.717, 1.165) is 50.0 Å². The van der Waals surface area contributed by atoms with Crippen molar-refractivity contribution in [2.24, 2.45) is 0 Å². The summed E-state index contributed by atoms with van der Waals surface area (Å²) in [6.07, 6.45) is 3.72. The van der Waals surface area contributed by atoms with Crippen LogP contribution in [0, 0.1) is 13.7 Å². The zero-order chi connectivity index (χ0) is 46.3. The van der Waals surface area contributed by atoms with Gasteiger partial charge in [0.05, 0.1) is 11.0 Å². The van der Waals surface area contributed by atoms with E-state index in [1.807, 2.05) is 89.5 Å². The van der Waals surface area contributed by atoms with Crippen molar-refractivity contribution >= 4 is 32.8 Å². The fourth-order valence-electron chi connectivity index (χ4n) is 8.89. The number of nitrogens with zero attached hydrogens (tertiary/aromatic N) is 4. The van der Waals surface area contributed by atoms with E-state index in [2.05, 4.69) is 94.3 Å². The predicted molar refractivity (Wildman–Crippen MR) is 249 cm³/mol. The Morgan fingerprint density at radius 1 is 0.500 bits per heavy atom. The van der Waals surface area contributed by atoms with E-state index < -0.39 is 13.7 Å². The molecule has 6 nitrogen and oxygen atoms in total. The third-order valence-corrected chi connectivity index (χ3v) is 11.7.